The fourth-order valence-electron chi connectivity index (χ4n) is 15.4. The number of hydrogen-bond donors (Lipinski definition) is 2. The van der Waals surface area contributed by atoms with Crippen LogP contribution in [0.2, 0.25) is 0 Å². The number of aromatic nitrogens is 4. The number of ether oxygens (including phenoxy) is 4. The Balaban J connectivity index is 0.000000188. The number of benzene rings is 14. The Morgan fingerprint density at radius 2 is 0.657 bits per heavy atom. The van der Waals surface area contributed by atoms with E-state index in [4.69, 9.17) is 39.0 Å². The second-order valence-electron chi connectivity index (χ2n) is 30.3. The molecule has 0 saturated heterocycles. The molecule has 0 saturated carbocycles. The van der Waals surface area contributed by atoms with Crippen molar-refractivity contribution in [2.45, 2.75) is 39.5 Å². The Morgan fingerprint density at radius 3 is 0.874 bits per heavy atom. The predicted octanol–water partition coefficient (Wildman–Crippen LogP) is 12.4. The molecule has 0 unspecified atom stereocenters. The van der Waals surface area contributed by atoms with Crippen molar-refractivity contribution in [3.8, 4) is 33.6 Å². The number of esters is 2. The van der Waals surface area contributed by atoms with Gasteiger partial charge in [-0.1, -0.05) is 382 Å². The molecule has 0 atom stereocenters. The van der Waals surface area contributed by atoms with E-state index in [1.165, 1.54) is 113 Å². The summed E-state index contributed by atoms with van der Waals surface area (Å²) in [5, 5.41) is 68.7. The van der Waals surface area contributed by atoms with Gasteiger partial charge in [-0.05, 0) is 191 Å². The van der Waals surface area contributed by atoms with Gasteiger partial charge in [-0.2, -0.15) is 11.3 Å². The number of imidazole rings is 2. The Bertz CT molecular complexity index is 6090. The van der Waals surface area contributed by atoms with E-state index in [1.54, 1.807) is 48.1 Å². The first-order valence-electron chi connectivity index (χ1n) is 44.5. The summed E-state index contributed by atoms with van der Waals surface area (Å²) in [5.41, 5.74) is 4.64. The molecule has 0 spiro atoms. The summed E-state index contributed by atoms with van der Waals surface area (Å²) < 4.78 is 25.0. The van der Waals surface area contributed by atoms with Gasteiger partial charge in [0.15, 0.2) is 33.4 Å². The van der Waals surface area contributed by atoms with Crippen LogP contribution in [-0.4, -0.2) is 92.0 Å². The van der Waals surface area contributed by atoms with Crippen molar-refractivity contribution >= 4 is 176 Å². The third kappa shape index (κ3) is 31.0. The molecular formula is C111H98BBrN6Na2O15P4PdS2. The number of carbonyl (C=O) groups excluding carboxylic acids is 3. The summed E-state index contributed by atoms with van der Waals surface area (Å²) in [6.07, 6.45) is 2.38. The second kappa shape index (κ2) is 59.7. The van der Waals surface area contributed by atoms with Crippen LogP contribution >= 0.6 is 70.3 Å². The fraction of sp³-hybridized carbons (Fsp3) is 0.0901. The zero-order valence-corrected chi connectivity index (χ0v) is 91.3. The van der Waals surface area contributed by atoms with Crippen LogP contribution in [0.4, 0.5) is 11.4 Å². The van der Waals surface area contributed by atoms with E-state index in [1.807, 2.05) is 22.1 Å². The summed E-state index contributed by atoms with van der Waals surface area (Å²) in [6.45, 7) is 3.78. The van der Waals surface area contributed by atoms with Crippen LogP contribution in [0.1, 0.15) is 58.8 Å². The Kier molecular flexibility index (Phi) is 47.4. The zero-order chi connectivity index (χ0) is 98.3. The Morgan fingerprint density at radius 1 is 0.406 bits per heavy atom. The summed E-state index contributed by atoms with van der Waals surface area (Å²) in [4.78, 5) is 67.3. The van der Waals surface area contributed by atoms with Crippen LogP contribution in [0.5, 0.6) is 11.5 Å². The van der Waals surface area contributed by atoms with Crippen LogP contribution < -0.4 is 142 Å². The number of fused-ring (bicyclic) bond motifs is 6. The number of aryl methyl sites for hydroxylation is 2. The quantitative estimate of drug-likeness (QED) is 0.0114. The predicted molar refractivity (Wildman–Crippen MR) is 574 cm³/mol. The first-order chi connectivity index (χ1) is 68.5. The third-order valence-corrected chi connectivity index (χ3v) is 33.6. The van der Waals surface area contributed by atoms with Crippen molar-refractivity contribution in [1.82, 2.24) is 19.1 Å². The van der Waals surface area contributed by atoms with Gasteiger partial charge >= 0.3 is 89.5 Å². The standard InChI is InChI=1S/C19H17N3O5S.4C18H15P.C15H14BrN3O5.C4H5BO2S.CH2O3.2Na.Pd.H/c1-3-27-19(23)17-12-7-6-11-9-15(26-2)14(22(24)25)10-13(11)21(12)18(20-17)16-5-4-8-28-16;4*1-4-10-16(11-5-1)19(17-12-6-2-7-13-17)18-14-8-3-9-15-18;1-3-24-14(20)13-9-5-4-8-6-12(23-2)11(19(21)22)7-10(8)18(9)15(16)17-13;6-5(7)4-2-1-3-8-4;2-1-4-3;;;;/h4-5,8-10H,3,6-7H2,1-2H3;4*1-15H;6-7H,3-5H2,1-2H3;1-3,6-7H;1,3H;;;;/q;;;;;;;;2*+1;;-1/p-1. The average molecular weight is 2190 g/mol. The van der Waals surface area contributed by atoms with E-state index in [0.717, 1.165) is 16.0 Å². The largest absolute Gasteiger partial charge is 1.00 e. The normalized spacial score (nSPS) is 10.7. The van der Waals surface area contributed by atoms with Gasteiger partial charge in [0.2, 0.25) is 0 Å². The first-order valence-corrected chi connectivity index (χ1v) is 52.4. The monoisotopic (exact) mass is 2180 g/mol. The number of halogens is 1. The molecule has 14 aromatic carbocycles. The molecule has 21 nitrogen and oxygen atoms in total. The molecule has 143 heavy (non-hydrogen) atoms. The minimum Gasteiger partial charge on any atom is -1.00 e. The maximum Gasteiger partial charge on any atom is 1.00 e. The van der Waals surface area contributed by atoms with E-state index in [2.05, 4.69) is 395 Å². The summed E-state index contributed by atoms with van der Waals surface area (Å²) in [5.74, 6) is 0.0204. The molecule has 18 aromatic rings. The molecule has 6 heterocycles. The second-order valence-corrected chi connectivity index (χ2v) is 41.8. The van der Waals surface area contributed by atoms with Crippen molar-refractivity contribution in [3.05, 3.63) is 482 Å². The van der Waals surface area contributed by atoms with E-state index < -0.39 is 60.6 Å². The van der Waals surface area contributed by atoms with Gasteiger partial charge in [0, 0.05) is 37.3 Å². The maximum absolute atomic E-state index is 12.5. The molecule has 0 radical (unpaired) electrons. The van der Waals surface area contributed by atoms with Gasteiger partial charge in [-0.25, -0.2) is 19.6 Å². The molecular weight excluding hydrogens is 2090 g/mol. The van der Waals surface area contributed by atoms with Crippen molar-refractivity contribution in [3.63, 3.8) is 0 Å². The number of hydrogen-bond acceptors (Lipinski definition) is 19. The number of nitro benzene ring substituents is 2. The first kappa shape index (κ1) is 113. The van der Waals surface area contributed by atoms with Gasteiger partial charge in [-0.3, -0.25) is 34.2 Å². The molecule has 0 bridgehead atoms. The molecule has 2 N–H and O–H groups in total. The Hall–Kier alpha value is -11.5. The third-order valence-electron chi connectivity index (χ3n) is 21.5. The molecule has 4 aromatic heterocycles. The minimum atomic E-state index is -1.30. The summed E-state index contributed by atoms with van der Waals surface area (Å²) >= 11 is 6.15. The molecule has 0 fully saturated rings. The molecule has 0 amide bonds. The summed E-state index contributed by atoms with van der Waals surface area (Å²) in [6, 6.07) is 143. The number of rotatable bonds is 23. The van der Waals surface area contributed by atoms with Gasteiger partial charge < -0.3 is 40.6 Å². The molecule has 2 aliphatic rings. The van der Waals surface area contributed by atoms with Crippen molar-refractivity contribution in [1.29, 1.82) is 0 Å². The topological polar surface area (TPSA) is 283 Å². The number of nitro groups is 2. The van der Waals surface area contributed by atoms with E-state index in [9.17, 15) is 29.8 Å². The van der Waals surface area contributed by atoms with Crippen molar-refractivity contribution in [2.24, 2.45) is 0 Å². The average Bonchev–Trinajstić information content (AvgIpc) is 1.61. The van der Waals surface area contributed by atoms with Crippen LogP contribution in [0, 0.1) is 20.2 Å². The smallest absolute Gasteiger partial charge is 1.00 e. The Labute approximate surface area is 912 Å². The van der Waals surface area contributed by atoms with Crippen LogP contribution in [0.15, 0.2) is 428 Å². The van der Waals surface area contributed by atoms with Gasteiger partial charge in [-0.15, -0.1) is 11.3 Å². The zero-order valence-electron chi connectivity index (χ0n) is 80.0. The number of thiophene rings is 2. The molecule has 716 valence electrons. The van der Waals surface area contributed by atoms with E-state index in [0.29, 0.717) is 63.8 Å². The number of carbonyl (C=O) groups is 3. The van der Waals surface area contributed by atoms with Crippen LogP contribution in [0.3, 0.4) is 0 Å². The minimum absolute atomic E-state index is 0. The number of methoxy groups -OCH3 is 2. The SMILES string of the molecule is CCOC(=O)c1nc(-c2cccs2)n2c1CCc1cc(OC)c([N+](=O)[O-])cc1-2.CCOC(=O)c1nc(Br)n2c1CCc1cc(OC)c([N+](=O)[O-])cc1-2.O=CO[O-].OB(O)c1cccs1.[H-].[Na+].[Na+].[Pd].c1ccc(P(c2ccccc2)c2ccccc2)cc1.c1ccc(P(c2ccccc2)c2ccccc2)cc1.c1ccc(P(c2ccccc2)c2ccccc2)cc1.c1ccc(P(c2ccccc2)c2ccccc2)cc1. The van der Waals surface area contributed by atoms with Gasteiger partial charge in [0.05, 0.1) is 64.9 Å². The molecule has 20 rings (SSSR count). The van der Waals surface area contributed by atoms with Crippen LogP contribution in [0.25, 0.3) is 22.1 Å². The molecule has 0 aliphatic carbocycles. The van der Waals surface area contributed by atoms with Crippen LogP contribution in [-0.2, 0) is 65.3 Å². The van der Waals surface area contributed by atoms with Crippen molar-refractivity contribution in [2.75, 3.05) is 27.4 Å². The molecule has 32 heteroatoms. The summed E-state index contributed by atoms with van der Waals surface area (Å²) in [7, 11) is -0.270. The van der Waals surface area contributed by atoms with Crippen molar-refractivity contribution < 1.29 is 144 Å². The van der Waals surface area contributed by atoms with E-state index >= 15 is 0 Å². The number of nitrogens with zero attached hydrogens (tertiary/aromatic N) is 6. The van der Waals surface area contributed by atoms with Gasteiger partial charge in [0.1, 0.15) is 0 Å². The maximum atomic E-state index is 12.5. The fourth-order valence-corrected chi connectivity index (χ4v) is 26.5. The van der Waals surface area contributed by atoms with Gasteiger partial charge in [0.25, 0.3) is 6.47 Å². The van der Waals surface area contributed by atoms with E-state index in [-0.39, 0.29) is 135 Å². The molecule has 2 aliphatic heterocycles.